The SMILES string of the molecule is Cc1cccnc1Nc1nc(-c2ccc(SC3CCN(C)CC3)cn2)ns1. The molecule has 3 aromatic heterocycles. The number of aromatic nitrogens is 4. The highest BCUT2D eigenvalue weighted by Crippen LogP contribution is 2.31. The Hall–Kier alpha value is -2.03. The van der Waals surface area contributed by atoms with Crippen LogP contribution in [0.25, 0.3) is 11.5 Å². The lowest BCUT2D eigenvalue weighted by molar-refractivity contribution is 0.282. The third kappa shape index (κ3) is 4.63. The molecule has 1 N–H and O–H groups in total. The summed E-state index contributed by atoms with van der Waals surface area (Å²) in [7, 11) is 2.19. The molecule has 0 bridgehead atoms. The molecule has 0 aliphatic carbocycles. The highest BCUT2D eigenvalue weighted by molar-refractivity contribution is 8.00. The van der Waals surface area contributed by atoms with E-state index in [4.69, 9.17) is 0 Å². The summed E-state index contributed by atoms with van der Waals surface area (Å²) in [5, 5.41) is 4.63. The molecule has 27 heavy (non-hydrogen) atoms. The summed E-state index contributed by atoms with van der Waals surface area (Å²) in [6, 6.07) is 8.07. The van der Waals surface area contributed by atoms with Gasteiger partial charge in [-0.25, -0.2) is 4.98 Å². The average molecular weight is 399 g/mol. The van der Waals surface area contributed by atoms with Crippen molar-refractivity contribution in [1.29, 1.82) is 0 Å². The number of likely N-dealkylation sites (tertiary alicyclic amines) is 1. The lowest BCUT2D eigenvalue weighted by Crippen LogP contribution is -2.31. The normalized spacial score (nSPS) is 15.8. The van der Waals surface area contributed by atoms with Crippen LogP contribution in [0.3, 0.4) is 0 Å². The maximum absolute atomic E-state index is 4.57. The summed E-state index contributed by atoms with van der Waals surface area (Å²) < 4.78 is 4.43. The van der Waals surface area contributed by atoms with Crippen molar-refractivity contribution in [2.75, 3.05) is 25.5 Å². The van der Waals surface area contributed by atoms with E-state index in [-0.39, 0.29) is 0 Å². The lowest BCUT2D eigenvalue weighted by atomic mass is 10.1. The molecule has 4 heterocycles. The van der Waals surface area contributed by atoms with E-state index in [2.05, 4.69) is 42.7 Å². The van der Waals surface area contributed by atoms with Crippen LogP contribution in [0.15, 0.2) is 41.6 Å². The van der Waals surface area contributed by atoms with Crippen LogP contribution in [-0.4, -0.2) is 49.6 Å². The van der Waals surface area contributed by atoms with Crippen molar-refractivity contribution in [3.8, 4) is 11.5 Å². The number of nitrogens with zero attached hydrogens (tertiary/aromatic N) is 5. The van der Waals surface area contributed by atoms with Gasteiger partial charge < -0.3 is 10.2 Å². The Morgan fingerprint density at radius 1 is 1.19 bits per heavy atom. The molecule has 1 fully saturated rings. The van der Waals surface area contributed by atoms with Gasteiger partial charge in [-0.05, 0) is 63.7 Å². The number of thioether (sulfide) groups is 1. The minimum Gasteiger partial charge on any atom is -0.315 e. The van der Waals surface area contributed by atoms with Crippen molar-refractivity contribution in [1.82, 2.24) is 24.2 Å². The van der Waals surface area contributed by atoms with E-state index in [1.54, 1.807) is 6.20 Å². The summed E-state index contributed by atoms with van der Waals surface area (Å²) in [5.41, 5.74) is 1.87. The van der Waals surface area contributed by atoms with E-state index in [0.717, 1.165) is 22.2 Å². The first-order valence-electron chi connectivity index (χ1n) is 9.01. The van der Waals surface area contributed by atoms with Crippen molar-refractivity contribution >= 4 is 34.2 Å². The van der Waals surface area contributed by atoms with Crippen LogP contribution in [0.2, 0.25) is 0 Å². The van der Waals surface area contributed by atoms with Gasteiger partial charge in [0.05, 0.1) is 0 Å². The van der Waals surface area contributed by atoms with Crippen LogP contribution in [0, 0.1) is 6.92 Å². The van der Waals surface area contributed by atoms with Crippen molar-refractivity contribution < 1.29 is 0 Å². The molecule has 0 unspecified atom stereocenters. The molecule has 0 atom stereocenters. The Morgan fingerprint density at radius 3 is 2.78 bits per heavy atom. The molecule has 0 spiro atoms. The standard InChI is InChI=1S/C19H22N6S2/c1-13-4-3-9-20-17(13)22-19-23-18(24-27-19)16-6-5-15(12-21-16)26-14-7-10-25(2)11-8-14/h3-6,9,12,14H,7-8,10-11H2,1-2H3,(H,20,22,23,24). The summed E-state index contributed by atoms with van der Waals surface area (Å²) in [6.07, 6.45) is 6.17. The van der Waals surface area contributed by atoms with Gasteiger partial charge in [-0.15, -0.1) is 11.8 Å². The number of aryl methyl sites for hydroxylation is 1. The maximum atomic E-state index is 4.57. The van der Waals surface area contributed by atoms with E-state index < -0.39 is 0 Å². The van der Waals surface area contributed by atoms with Crippen LogP contribution >= 0.6 is 23.3 Å². The van der Waals surface area contributed by atoms with Gasteiger partial charge in [0.1, 0.15) is 11.5 Å². The van der Waals surface area contributed by atoms with Crippen molar-refractivity contribution in [3.63, 3.8) is 0 Å². The Labute approximate surface area is 167 Å². The fourth-order valence-electron chi connectivity index (χ4n) is 2.97. The maximum Gasteiger partial charge on any atom is 0.208 e. The van der Waals surface area contributed by atoms with Gasteiger partial charge in [-0.1, -0.05) is 6.07 Å². The first kappa shape index (κ1) is 18.3. The minimum atomic E-state index is 0.645. The van der Waals surface area contributed by atoms with E-state index in [0.29, 0.717) is 11.1 Å². The molecule has 140 valence electrons. The molecular formula is C19H22N6S2. The lowest BCUT2D eigenvalue weighted by Gasteiger charge is -2.28. The molecule has 1 aliphatic heterocycles. The Balaban J connectivity index is 1.40. The van der Waals surface area contributed by atoms with Gasteiger partial charge in [0.15, 0.2) is 5.82 Å². The van der Waals surface area contributed by atoms with Gasteiger partial charge in [-0.2, -0.15) is 9.36 Å². The predicted molar refractivity (Wildman–Crippen MR) is 112 cm³/mol. The van der Waals surface area contributed by atoms with Crippen LogP contribution in [0.5, 0.6) is 0 Å². The smallest absolute Gasteiger partial charge is 0.208 e. The van der Waals surface area contributed by atoms with Crippen molar-refractivity contribution in [2.45, 2.75) is 29.9 Å². The topological polar surface area (TPSA) is 66.8 Å². The highest BCUT2D eigenvalue weighted by Gasteiger charge is 2.18. The second kappa shape index (κ2) is 8.33. The summed E-state index contributed by atoms with van der Waals surface area (Å²) in [5.74, 6) is 1.45. The number of piperidine rings is 1. The van der Waals surface area contributed by atoms with E-state index in [9.17, 15) is 0 Å². The number of hydrogen-bond acceptors (Lipinski definition) is 8. The van der Waals surface area contributed by atoms with Gasteiger partial charge in [0.2, 0.25) is 5.13 Å². The molecular weight excluding hydrogens is 376 g/mol. The number of hydrogen-bond donors (Lipinski definition) is 1. The zero-order chi connectivity index (χ0) is 18.6. The third-order valence-electron chi connectivity index (χ3n) is 4.59. The molecule has 3 aromatic rings. The number of rotatable bonds is 5. The minimum absolute atomic E-state index is 0.645. The number of pyridine rings is 2. The molecule has 0 amide bonds. The van der Waals surface area contributed by atoms with Gasteiger partial charge in [-0.3, -0.25) is 4.98 Å². The second-order valence-corrected chi connectivity index (χ2v) is 8.84. The Bertz CT molecular complexity index is 887. The van der Waals surface area contributed by atoms with E-state index in [1.807, 2.05) is 43.1 Å². The average Bonchev–Trinajstić information content (AvgIpc) is 3.15. The summed E-state index contributed by atoms with van der Waals surface area (Å²) >= 11 is 3.25. The van der Waals surface area contributed by atoms with E-state index >= 15 is 0 Å². The Kier molecular flexibility index (Phi) is 5.66. The quantitative estimate of drug-likeness (QED) is 0.690. The largest absolute Gasteiger partial charge is 0.315 e. The highest BCUT2D eigenvalue weighted by atomic mass is 32.2. The molecule has 1 saturated heterocycles. The zero-order valence-corrected chi connectivity index (χ0v) is 17.1. The zero-order valence-electron chi connectivity index (χ0n) is 15.4. The molecule has 4 rings (SSSR count). The van der Waals surface area contributed by atoms with Crippen molar-refractivity contribution in [3.05, 3.63) is 42.2 Å². The third-order valence-corrected chi connectivity index (χ3v) is 6.54. The molecule has 0 aromatic carbocycles. The first-order valence-corrected chi connectivity index (χ1v) is 10.7. The van der Waals surface area contributed by atoms with Gasteiger partial charge in [0, 0.05) is 34.1 Å². The van der Waals surface area contributed by atoms with Crippen LogP contribution in [0.4, 0.5) is 10.9 Å². The molecule has 1 aliphatic rings. The Morgan fingerprint density at radius 2 is 2.04 bits per heavy atom. The van der Waals surface area contributed by atoms with Crippen molar-refractivity contribution in [2.24, 2.45) is 0 Å². The van der Waals surface area contributed by atoms with Gasteiger partial charge >= 0.3 is 0 Å². The summed E-state index contributed by atoms with van der Waals surface area (Å²) in [4.78, 5) is 17.1. The fraction of sp³-hybridized carbons (Fsp3) is 0.368. The monoisotopic (exact) mass is 398 g/mol. The molecule has 6 nitrogen and oxygen atoms in total. The van der Waals surface area contributed by atoms with Gasteiger partial charge in [0.25, 0.3) is 0 Å². The van der Waals surface area contributed by atoms with Crippen LogP contribution in [0.1, 0.15) is 18.4 Å². The van der Waals surface area contributed by atoms with E-state index in [1.165, 1.54) is 42.4 Å². The molecule has 0 radical (unpaired) electrons. The fourth-order valence-corrected chi connectivity index (χ4v) is 4.64. The molecule has 8 heteroatoms. The van der Waals surface area contributed by atoms with Crippen LogP contribution < -0.4 is 5.32 Å². The summed E-state index contributed by atoms with van der Waals surface area (Å²) in [6.45, 7) is 4.37. The van der Waals surface area contributed by atoms with Crippen LogP contribution in [-0.2, 0) is 0 Å². The first-order chi connectivity index (χ1) is 13.2. The molecule has 0 saturated carbocycles. The second-order valence-electron chi connectivity index (χ2n) is 6.72. The number of anilines is 2. The number of nitrogens with one attached hydrogen (secondary N) is 1. The predicted octanol–water partition coefficient (Wildman–Crippen LogP) is 4.23.